The highest BCUT2D eigenvalue weighted by atomic mass is 32.2. The number of aromatic amines is 1. The molecule has 0 amide bonds. The molecule has 9 heteroatoms. The maximum Gasteiger partial charge on any atom is 0.240 e. The van der Waals surface area contributed by atoms with Crippen molar-refractivity contribution >= 4 is 20.9 Å². The molecular formula is C25H34N4O4S. The van der Waals surface area contributed by atoms with Crippen molar-refractivity contribution in [2.24, 2.45) is 0 Å². The number of rotatable bonds is 11. The molecule has 0 unspecified atom stereocenters. The van der Waals surface area contributed by atoms with Crippen LogP contribution >= 0.6 is 0 Å². The fourth-order valence-corrected chi connectivity index (χ4v) is 5.19. The molecule has 0 bridgehead atoms. The number of hydrogen-bond acceptors (Lipinski definition) is 6. The minimum Gasteiger partial charge on any atom is -0.497 e. The largest absolute Gasteiger partial charge is 0.497 e. The summed E-state index contributed by atoms with van der Waals surface area (Å²) in [6, 6.07) is 12.4. The lowest BCUT2D eigenvalue weighted by atomic mass is 10.1. The van der Waals surface area contributed by atoms with Gasteiger partial charge in [-0.2, -0.15) is 0 Å². The first kappa shape index (κ1) is 24.5. The molecule has 0 atom stereocenters. The number of nitrogens with zero attached hydrogens (tertiary/aromatic N) is 2. The Kier molecular flexibility index (Phi) is 8.10. The molecule has 0 spiro atoms. The average molecular weight is 487 g/mol. The number of ether oxygens (including phenoxy) is 2. The summed E-state index contributed by atoms with van der Waals surface area (Å²) < 4.78 is 39.2. The second kappa shape index (κ2) is 11.2. The van der Waals surface area contributed by atoms with Crippen molar-refractivity contribution < 1.29 is 17.9 Å². The number of piperazine rings is 1. The lowest BCUT2D eigenvalue weighted by Crippen LogP contribution is -2.44. The van der Waals surface area contributed by atoms with Gasteiger partial charge in [0.1, 0.15) is 11.5 Å². The zero-order chi connectivity index (χ0) is 24.0. The van der Waals surface area contributed by atoms with Crippen LogP contribution in [0.1, 0.15) is 12.0 Å². The minimum atomic E-state index is -3.59. The van der Waals surface area contributed by atoms with E-state index in [1.807, 2.05) is 24.4 Å². The maximum atomic E-state index is 12.7. The van der Waals surface area contributed by atoms with E-state index in [0.29, 0.717) is 25.3 Å². The molecule has 2 aromatic carbocycles. The standard InChI is InChI=1S/C25H34N4O4S/c1-28-13-15-29(16-14-28)12-3-17-33-21-4-7-23(8-5-21)34(30,31)27-11-10-20-19-26-25-9-6-22(32-2)18-24(20)25/h4-9,18-19,26-27H,3,10-17H2,1-2H3. The molecule has 8 nitrogen and oxygen atoms in total. The molecule has 0 saturated carbocycles. The Labute approximate surface area is 201 Å². The van der Waals surface area contributed by atoms with Crippen LogP contribution in [0.2, 0.25) is 0 Å². The fraction of sp³-hybridized carbons (Fsp3) is 0.440. The minimum absolute atomic E-state index is 0.234. The predicted octanol–water partition coefficient (Wildman–Crippen LogP) is 2.71. The highest BCUT2D eigenvalue weighted by Gasteiger charge is 2.15. The van der Waals surface area contributed by atoms with Crippen molar-refractivity contribution in [1.29, 1.82) is 0 Å². The number of nitrogens with one attached hydrogen (secondary N) is 2. The summed E-state index contributed by atoms with van der Waals surface area (Å²) in [5.74, 6) is 1.46. The quantitative estimate of drug-likeness (QED) is 0.406. The predicted molar refractivity (Wildman–Crippen MR) is 134 cm³/mol. The van der Waals surface area contributed by atoms with Crippen LogP contribution in [0.5, 0.6) is 11.5 Å². The molecule has 0 radical (unpaired) electrons. The maximum absolute atomic E-state index is 12.7. The van der Waals surface area contributed by atoms with Crippen LogP contribution in [0.3, 0.4) is 0 Å². The molecular weight excluding hydrogens is 452 g/mol. The summed E-state index contributed by atoms with van der Waals surface area (Å²) in [5, 5.41) is 1.03. The molecule has 34 heavy (non-hydrogen) atoms. The molecule has 2 heterocycles. The second-order valence-electron chi connectivity index (χ2n) is 8.69. The number of likely N-dealkylation sites (N-methyl/N-ethyl adjacent to an activating group) is 1. The van der Waals surface area contributed by atoms with Crippen LogP contribution in [-0.2, 0) is 16.4 Å². The molecule has 184 valence electrons. The number of fused-ring (bicyclic) bond motifs is 1. The van der Waals surface area contributed by atoms with Gasteiger partial charge in [-0.25, -0.2) is 13.1 Å². The smallest absolute Gasteiger partial charge is 0.240 e. The average Bonchev–Trinajstić information content (AvgIpc) is 3.25. The summed E-state index contributed by atoms with van der Waals surface area (Å²) in [7, 11) is 0.194. The van der Waals surface area contributed by atoms with E-state index in [1.165, 1.54) is 0 Å². The molecule has 3 aromatic rings. The zero-order valence-electron chi connectivity index (χ0n) is 19.9. The lowest BCUT2D eigenvalue weighted by Gasteiger charge is -2.32. The van der Waals surface area contributed by atoms with E-state index in [2.05, 4.69) is 26.6 Å². The van der Waals surface area contributed by atoms with Gasteiger partial charge in [0.15, 0.2) is 0 Å². The summed E-state index contributed by atoms with van der Waals surface area (Å²) in [5.41, 5.74) is 2.04. The van der Waals surface area contributed by atoms with Gasteiger partial charge in [0.25, 0.3) is 0 Å². The van der Waals surface area contributed by atoms with Gasteiger partial charge in [-0.05, 0) is 67.9 Å². The second-order valence-corrected chi connectivity index (χ2v) is 10.5. The molecule has 1 aliphatic heterocycles. The van der Waals surface area contributed by atoms with Crippen molar-refractivity contribution in [1.82, 2.24) is 19.5 Å². The van der Waals surface area contributed by atoms with Crippen molar-refractivity contribution in [2.45, 2.75) is 17.7 Å². The molecule has 0 aliphatic carbocycles. The Balaban J connectivity index is 1.23. The van der Waals surface area contributed by atoms with E-state index >= 15 is 0 Å². The van der Waals surface area contributed by atoms with Gasteiger partial charge in [-0.15, -0.1) is 0 Å². The third kappa shape index (κ3) is 6.29. The van der Waals surface area contributed by atoms with Crippen LogP contribution in [-0.4, -0.2) is 83.2 Å². The van der Waals surface area contributed by atoms with Gasteiger partial charge < -0.3 is 24.3 Å². The number of hydrogen-bond donors (Lipinski definition) is 2. The lowest BCUT2D eigenvalue weighted by molar-refractivity contribution is 0.145. The van der Waals surface area contributed by atoms with Crippen molar-refractivity contribution in [3.8, 4) is 11.5 Å². The highest BCUT2D eigenvalue weighted by Crippen LogP contribution is 2.24. The molecule has 1 saturated heterocycles. The van der Waals surface area contributed by atoms with E-state index in [4.69, 9.17) is 9.47 Å². The van der Waals surface area contributed by atoms with E-state index in [-0.39, 0.29) is 4.90 Å². The van der Waals surface area contributed by atoms with E-state index < -0.39 is 10.0 Å². The van der Waals surface area contributed by atoms with Crippen LogP contribution < -0.4 is 14.2 Å². The molecule has 4 rings (SSSR count). The van der Waals surface area contributed by atoms with Gasteiger partial charge in [0.2, 0.25) is 10.0 Å². The Morgan fingerprint density at radius 2 is 1.76 bits per heavy atom. The van der Waals surface area contributed by atoms with Crippen LogP contribution in [0, 0.1) is 0 Å². The van der Waals surface area contributed by atoms with Crippen molar-refractivity contribution in [2.75, 3.05) is 60.0 Å². The van der Waals surface area contributed by atoms with Gasteiger partial charge in [0, 0.05) is 56.4 Å². The molecule has 1 aromatic heterocycles. The highest BCUT2D eigenvalue weighted by molar-refractivity contribution is 7.89. The topological polar surface area (TPSA) is 86.9 Å². The fourth-order valence-electron chi connectivity index (χ4n) is 4.16. The monoisotopic (exact) mass is 486 g/mol. The Morgan fingerprint density at radius 1 is 1.03 bits per heavy atom. The Morgan fingerprint density at radius 3 is 2.50 bits per heavy atom. The number of H-pyrrole nitrogens is 1. The van der Waals surface area contributed by atoms with E-state index in [1.54, 1.807) is 31.4 Å². The zero-order valence-corrected chi connectivity index (χ0v) is 20.7. The van der Waals surface area contributed by atoms with Crippen molar-refractivity contribution in [3.63, 3.8) is 0 Å². The van der Waals surface area contributed by atoms with Crippen molar-refractivity contribution in [3.05, 3.63) is 54.2 Å². The van der Waals surface area contributed by atoms with Gasteiger partial charge in [-0.1, -0.05) is 0 Å². The molecule has 2 N–H and O–H groups in total. The van der Waals surface area contributed by atoms with Gasteiger partial charge >= 0.3 is 0 Å². The van der Waals surface area contributed by atoms with Gasteiger partial charge in [0.05, 0.1) is 18.6 Å². The first-order valence-electron chi connectivity index (χ1n) is 11.7. The van der Waals surface area contributed by atoms with Crippen LogP contribution in [0.15, 0.2) is 53.6 Å². The Hall–Kier alpha value is -2.59. The molecule has 1 fully saturated rings. The third-order valence-electron chi connectivity index (χ3n) is 6.28. The summed E-state index contributed by atoms with van der Waals surface area (Å²) in [6.45, 7) is 6.37. The first-order chi connectivity index (χ1) is 16.4. The summed E-state index contributed by atoms with van der Waals surface area (Å²) in [6.07, 6.45) is 3.43. The summed E-state index contributed by atoms with van der Waals surface area (Å²) in [4.78, 5) is 8.25. The first-order valence-corrected chi connectivity index (χ1v) is 13.2. The van der Waals surface area contributed by atoms with Crippen LogP contribution in [0.25, 0.3) is 10.9 Å². The van der Waals surface area contributed by atoms with Gasteiger partial charge in [-0.3, -0.25) is 0 Å². The normalized spacial score (nSPS) is 15.6. The third-order valence-corrected chi connectivity index (χ3v) is 7.76. The number of sulfonamides is 1. The summed E-state index contributed by atoms with van der Waals surface area (Å²) >= 11 is 0. The van der Waals surface area contributed by atoms with Crippen LogP contribution in [0.4, 0.5) is 0 Å². The molecule has 1 aliphatic rings. The Bertz CT molecular complexity index is 1170. The number of benzene rings is 2. The SMILES string of the molecule is COc1ccc2[nH]cc(CCNS(=O)(=O)c3ccc(OCCCN4CCN(C)CC4)cc3)c2c1. The van der Waals surface area contributed by atoms with E-state index in [0.717, 1.165) is 61.4 Å². The van der Waals surface area contributed by atoms with E-state index in [9.17, 15) is 8.42 Å². The number of aromatic nitrogens is 1. The number of methoxy groups -OCH3 is 1.